The quantitative estimate of drug-likeness (QED) is 0.714. The van der Waals surface area contributed by atoms with Gasteiger partial charge >= 0.3 is 6.18 Å². The first-order valence-corrected chi connectivity index (χ1v) is 5.79. The number of nitrogens with two attached hydrogens (primary N) is 1. The van der Waals surface area contributed by atoms with Gasteiger partial charge in [0.1, 0.15) is 5.69 Å². The number of rotatable bonds is 1. The van der Waals surface area contributed by atoms with Gasteiger partial charge in [0.15, 0.2) is 0 Å². The van der Waals surface area contributed by atoms with Crippen LogP contribution < -0.4 is 5.73 Å². The maximum Gasteiger partial charge on any atom is 0.417 e. The molecule has 0 atom stereocenters. The lowest BCUT2D eigenvalue weighted by Crippen LogP contribution is -2.05. The van der Waals surface area contributed by atoms with E-state index in [1.165, 1.54) is 12.1 Å². The number of hydrogen-bond donors (Lipinski definition) is 2. The van der Waals surface area contributed by atoms with Crippen LogP contribution in [-0.2, 0) is 6.18 Å². The van der Waals surface area contributed by atoms with Gasteiger partial charge in [-0.05, 0) is 19.1 Å². The normalized spacial score (nSPS) is 12.2. The van der Waals surface area contributed by atoms with Crippen LogP contribution >= 0.6 is 0 Å². The molecule has 0 saturated carbocycles. The number of nitrogens with one attached hydrogen (secondary N) is 1. The summed E-state index contributed by atoms with van der Waals surface area (Å²) in [4.78, 5) is 2.92. The van der Waals surface area contributed by atoms with Gasteiger partial charge in [0.05, 0.1) is 5.56 Å². The van der Waals surface area contributed by atoms with Crippen LogP contribution in [-0.4, -0.2) is 10.1 Å². The van der Waals surface area contributed by atoms with Crippen LogP contribution in [0.15, 0.2) is 28.8 Å². The molecule has 0 bridgehead atoms. The van der Waals surface area contributed by atoms with E-state index < -0.39 is 11.7 Å². The zero-order valence-corrected chi connectivity index (χ0v) is 10.4. The molecule has 0 spiro atoms. The molecular weight excluding hydrogens is 271 g/mol. The first kappa shape index (κ1) is 12.6. The minimum Gasteiger partial charge on any atom is -0.368 e. The van der Waals surface area contributed by atoms with Crippen LogP contribution in [0.25, 0.3) is 22.2 Å². The van der Waals surface area contributed by atoms with E-state index >= 15 is 0 Å². The first-order valence-electron chi connectivity index (χ1n) is 5.79. The van der Waals surface area contributed by atoms with Crippen molar-refractivity contribution in [1.82, 2.24) is 10.1 Å². The molecule has 7 heteroatoms. The fourth-order valence-electron chi connectivity index (χ4n) is 2.34. The molecule has 0 fully saturated rings. The molecule has 3 rings (SSSR count). The summed E-state index contributed by atoms with van der Waals surface area (Å²) in [5.41, 5.74) is 6.34. The number of nitrogen functional groups attached to an aromatic ring is 1. The smallest absolute Gasteiger partial charge is 0.368 e. The number of hydrogen-bond acceptors (Lipinski definition) is 3. The van der Waals surface area contributed by atoms with E-state index in [0.717, 1.165) is 6.07 Å². The van der Waals surface area contributed by atoms with Crippen molar-refractivity contribution in [3.05, 3.63) is 35.5 Å². The first-order chi connectivity index (χ1) is 9.38. The Labute approximate surface area is 111 Å². The van der Waals surface area contributed by atoms with Gasteiger partial charge in [0.25, 0.3) is 0 Å². The van der Waals surface area contributed by atoms with Gasteiger partial charge in [-0.1, -0.05) is 11.2 Å². The minimum atomic E-state index is -4.45. The van der Waals surface area contributed by atoms with Crippen molar-refractivity contribution in [2.24, 2.45) is 0 Å². The SMILES string of the molecule is Cc1[nH]c2cccc(C(F)(F)F)c2c1-c1cc(N)on1. The Morgan fingerprint density at radius 1 is 1.30 bits per heavy atom. The number of aromatic amines is 1. The molecule has 0 unspecified atom stereocenters. The van der Waals surface area contributed by atoms with Crippen LogP contribution in [0.2, 0.25) is 0 Å². The number of anilines is 1. The van der Waals surface area contributed by atoms with Gasteiger partial charge in [0.2, 0.25) is 5.88 Å². The summed E-state index contributed by atoms with van der Waals surface area (Å²) >= 11 is 0. The summed E-state index contributed by atoms with van der Waals surface area (Å²) in [7, 11) is 0. The van der Waals surface area contributed by atoms with Gasteiger partial charge in [-0.25, -0.2) is 0 Å². The molecule has 3 aromatic rings. The highest BCUT2D eigenvalue weighted by Gasteiger charge is 2.34. The third-order valence-electron chi connectivity index (χ3n) is 3.10. The molecule has 2 heterocycles. The highest BCUT2D eigenvalue weighted by molar-refractivity contribution is 5.99. The van der Waals surface area contributed by atoms with Crippen LogP contribution in [0.1, 0.15) is 11.3 Å². The Kier molecular flexibility index (Phi) is 2.53. The van der Waals surface area contributed by atoms with E-state index in [1.54, 1.807) is 13.0 Å². The van der Waals surface area contributed by atoms with Gasteiger partial charge in [0, 0.05) is 28.2 Å². The van der Waals surface area contributed by atoms with Crippen molar-refractivity contribution in [3.8, 4) is 11.3 Å². The van der Waals surface area contributed by atoms with Crippen LogP contribution in [0.5, 0.6) is 0 Å². The predicted octanol–water partition coefficient (Wildman–Crippen LogP) is 3.73. The zero-order chi connectivity index (χ0) is 14.5. The average molecular weight is 281 g/mol. The Bertz CT molecular complexity index is 786. The Morgan fingerprint density at radius 2 is 2.05 bits per heavy atom. The van der Waals surface area contributed by atoms with E-state index in [9.17, 15) is 13.2 Å². The molecule has 0 amide bonds. The van der Waals surface area contributed by atoms with Crippen LogP contribution in [0.4, 0.5) is 19.1 Å². The van der Waals surface area contributed by atoms with Crippen molar-refractivity contribution >= 4 is 16.8 Å². The molecule has 4 nitrogen and oxygen atoms in total. The molecule has 0 radical (unpaired) electrons. The van der Waals surface area contributed by atoms with Crippen molar-refractivity contribution in [2.45, 2.75) is 13.1 Å². The fourth-order valence-corrected chi connectivity index (χ4v) is 2.34. The highest BCUT2D eigenvalue weighted by atomic mass is 19.4. The van der Waals surface area contributed by atoms with E-state index in [4.69, 9.17) is 10.3 Å². The second-order valence-corrected chi connectivity index (χ2v) is 4.47. The molecule has 20 heavy (non-hydrogen) atoms. The monoisotopic (exact) mass is 281 g/mol. The molecule has 1 aromatic carbocycles. The van der Waals surface area contributed by atoms with Crippen LogP contribution in [0, 0.1) is 6.92 Å². The molecule has 0 aliphatic carbocycles. The lowest BCUT2D eigenvalue weighted by atomic mass is 10.0. The van der Waals surface area contributed by atoms with Gasteiger partial charge < -0.3 is 15.2 Å². The standard InChI is InChI=1S/C13H10F3N3O/c1-6-11(9-5-10(17)20-19-9)12-7(13(14,15)16)3-2-4-8(12)18-6/h2-5,18H,17H2,1H3. The molecule has 0 saturated heterocycles. The van der Waals surface area contributed by atoms with Crippen molar-refractivity contribution in [2.75, 3.05) is 5.73 Å². The minimum absolute atomic E-state index is 0.0539. The number of aryl methyl sites for hydroxylation is 1. The molecule has 0 aliphatic rings. The van der Waals surface area contributed by atoms with Crippen molar-refractivity contribution in [3.63, 3.8) is 0 Å². The third-order valence-corrected chi connectivity index (χ3v) is 3.10. The van der Waals surface area contributed by atoms with Crippen molar-refractivity contribution in [1.29, 1.82) is 0 Å². The Hall–Kier alpha value is -2.44. The van der Waals surface area contributed by atoms with Crippen LogP contribution in [0.3, 0.4) is 0 Å². The summed E-state index contributed by atoms with van der Waals surface area (Å²) < 4.78 is 44.2. The summed E-state index contributed by atoms with van der Waals surface area (Å²) in [6.45, 7) is 1.68. The highest BCUT2D eigenvalue weighted by Crippen LogP contribution is 2.41. The third kappa shape index (κ3) is 1.82. The number of nitrogens with zero attached hydrogens (tertiary/aromatic N) is 1. The molecule has 3 N–H and O–H groups in total. The summed E-state index contributed by atoms with van der Waals surface area (Å²) in [5.74, 6) is 0.0539. The maximum atomic E-state index is 13.1. The topological polar surface area (TPSA) is 67.8 Å². The second-order valence-electron chi connectivity index (χ2n) is 4.47. The number of benzene rings is 1. The summed E-state index contributed by atoms with van der Waals surface area (Å²) in [6.07, 6.45) is -4.45. The van der Waals surface area contributed by atoms with Crippen molar-refractivity contribution < 1.29 is 17.7 Å². The number of alkyl halides is 3. The largest absolute Gasteiger partial charge is 0.417 e. The number of H-pyrrole nitrogens is 1. The number of aromatic nitrogens is 2. The van der Waals surface area contributed by atoms with Gasteiger partial charge in [-0.2, -0.15) is 13.2 Å². The van der Waals surface area contributed by atoms with E-state index in [-0.39, 0.29) is 17.0 Å². The Balaban J connectivity index is 2.40. The predicted molar refractivity (Wildman–Crippen MR) is 67.9 cm³/mol. The van der Waals surface area contributed by atoms with E-state index in [0.29, 0.717) is 16.8 Å². The summed E-state index contributed by atoms with van der Waals surface area (Å²) in [5, 5.41) is 3.78. The molecular formula is C13H10F3N3O. The molecule has 2 aromatic heterocycles. The summed E-state index contributed by atoms with van der Waals surface area (Å²) in [6, 6.07) is 5.40. The van der Waals surface area contributed by atoms with E-state index in [2.05, 4.69) is 10.1 Å². The zero-order valence-electron chi connectivity index (χ0n) is 10.4. The lowest BCUT2D eigenvalue weighted by Gasteiger charge is -2.09. The lowest BCUT2D eigenvalue weighted by molar-refractivity contribution is -0.136. The molecule has 104 valence electrons. The maximum absolute atomic E-state index is 13.1. The Morgan fingerprint density at radius 3 is 2.65 bits per heavy atom. The second kappa shape index (κ2) is 4.03. The molecule has 0 aliphatic heterocycles. The van der Waals surface area contributed by atoms with E-state index in [1.807, 2.05) is 0 Å². The average Bonchev–Trinajstić information content (AvgIpc) is 2.89. The number of fused-ring (bicyclic) bond motifs is 1. The van der Waals surface area contributed by atoms with Gasteiger partial charge in [-0.15, -0.1) is 0 Å². The number of halogens is 3. The van der Waals surface area contributed by atoms with Gasteiger partial charge in [-0.3, -0.25) is 0 Å². The fraction of sp³-hybridized carbons (Fsp3) is 0.154.